The molecular formula is C18H22O11. The van der Waals surface area contributed by atoms with Gasteiger partial charge in [-0.05, 0) is 18.2 Å². The summed E-state index contributed by atoms with van der Waals surface area (Å²) in [5.74, 6) is -1.32. The lowest BCUT2D eigenvalue weighted by atomic mass is 9.99. The van der Waals surface area contributed by atoms with Crippen molar-refractivity contribution in [3.8, 4) is 11.5 Å². The Kier molecular flexibility index (Phi) is 6.55. The Morgan fingerprint density at radius 3 is 2.62 bits per heavy atom. The van der Waals surface area contributed by atoms with E-state index in [1.807, 2.05) is 0 Å². The molecule has 0 bridgehead atoms. The van der Waals surface area contributed by atoms with Crippen molar-refractivity contribution in [1.29, 1.82) is 0 Å². The van der Waals surface area contributed by atoms with Crippen molar-refractivity contribution in [2.45, 2.75) is 43.2 Å². The van der Waals surface area contributed by atoms with Crippen molar-refractivity contribution in [3.63, 3.8) is 0 Å². The fraction of sp³-hybridized carbons (Fsp3) is 0.556. The number of ether oxygens (including phenoxy) is 5. The second kappa shape index (κ2) is 8.93. The third kappa shape index (κ3) is 4.77. The number of esters is 2. The molecule has 3 rings (SSSR count). The van der Waals surface area contributed by atoms with Crippen LogP contribution in [-0.2, 0) is 23.7 Å². The summed E-state index contributed by atoms with van der Waals surface area (Å²) in [6.45, 7) is -0.473. The molecule has 2 fully saturated rings. The second-order valence-electron chi connectivity index (χ2n) is 6.65. The molecule has 1 aromatic carbocycles. The van der Waals surface area contributed by atoms with Gasteiger partial charge in [0, 0.05) is 0 Å². The van der Waals surface area contributed by atoms with Gasteiger partial charge < -0.3 is 44.1 Å². The van der Waals surface area contributed by atoms with Crippen LogP contribution in [0.4, 0.5) is 0 Å². The maximum atomic E-state index is 12.2. The van der Waals surface area contributed by atoms with Crippen LogP contribution in [0.15, 0.2) is 18.2 Å². The van der Waals surface area contributed by atoms with E-state index in [2.05, 4.69) is 0 Å². The van der Waals surface area contributed by atoms with E-state index in [4.69, 9.17) is 23.7 Å². The number of phenols is 1. The number of hydrogen-bond acceptors (Lipinski definition) is 11. The van der Waals surface area contributed by atoms with E-state index in [9.17, 15) is 30.0 Å². The molecule has 11 nitrogen and oxygen atoms in total. The van der Waals surface area contributed by atoms with Gasteiger partial charge in [-0.15, -0.1) is 0 Å². The average Bonchev–Trinajstić information content (AvgIpc) is 3.12. The lowest BCUT2D eigenvalue weighted by molar-refractivity contribution is -0.310. The quantitative estimate of drug-likeness (QED) is 0.409. The van der Waals surface area contributed by atoms with Crippen molar-refractivity contribution in [2.75, 3.05) is 20.3 Å². The zero-order chi connectivity index (χ0) is 21.1. The van der Waals surface area contributed by atoms with Gasteiger partial charge in [-0.2, -0.15) is 0 Å². The van der Waals surface area contributed by atoms with Crippen LogP contribution in [0.3, 0.4) is 0 Å². The molecule has 2 aliphatic heterocycles. The van der Waals surface area contributed by atoms with Crippen molar-refractivity contribution in [3.05, 3.63) is 23.8 Å². The van der Waals surface area contributed by atoms with E-state index in [-0.39, 0.29) is 30.1 Å². The number of benzene rings is 1. The number of aliphatic hydroxyl groups is 3. The molecule has 0 spiro atoms. The summed E-state index contributed by atoms with van der Waals surface area (Å²) in [6.07, 6.45) is -8.00. The van der Waals surface area contributed by atoms with Gasteiger partial charge in [0.2, 0.25) is 0 Å². The Hall–Kier alpha value is -2.44. The fourth-order valence-corrected chi connectivity index (χ4v) is 2.98. The highest BCUT2D eigenvalue weighted by molar-refractivity contribution is 5.90. The molecular weight excluding hydrogens is 392 g/mol. The normalized spacial score (nSPS) is 31.9. The van der Waals surface area contributed by atoms with Gasteiger partial charge in [-0.1, -0.05) is 0 Å². The molecule has 0 aliphatic carbocycles. The number of rotatable bonds is 6. The van der Waals surface area contributed by atoms with E-state index in [1.165, 1.54) is 25.3 Å². The number of phenolic OH excluding ortho intramolecular Hbond substituents is 1. The Morgan fingerprint density at radius 1 is 1.21 bits per heavy atom. The molecule has 2 aliphatic rings. The van der Waals surface area contributed by atoms with E-state index >= 15 is 0 Å². The molecule has 0 amide bonds. The summed E-state index contributed by atoms with van der Waals surface area (Å²) in [5.41, 5.74) is 0.0833. The van der Waals surface area contributed by atoms with E-state index in [0.29, 0.717) is 0 Å². The van der Waals surface area contributed by atoms with Gasteiger partial charge in [0.25, 0.3) is 0 Å². The SMILES string of the molecule is COc1cc(C(=O)OC[C@H]2O[C@@H](O[C@H]3COC(=O)C3)[C@H](O)[C@@H](O)[C@@H]2O)ccc1O. The summed E-state index contributed by atoms with van der Waals surface area (Å²) < 4.78 is 25.7. The molecule has 4 N–H and O–H groups in total. The number of aliphatic hydroxyl groups excluding tert-OH is 3. The topological polar surface area (TPSA) is 161 Å². The predicted octanol–water partition coefficient (Wildman–Crippen LogP) is -1.30. The number of methoxy groups -OCH3 is 1. The van der Waals surface area contributed by atoms with Crippen molar-refractivity contribution in [2.24, 2.45) is 0 Å². The fourth-order valence-electron chi connectivity index (χ4n) is 2.98. The number of hydrogen-bond donors (Lipinski definition) is 4. The van der Waals surface area contributed by atoms with E-state index in [1.54, 1.807) is 0 Å². The van der Waals surface area contributed by atoms with Crippen LogP contribution in [-0.4, -0.2) is 89.5 Å². The lowest BCUT2D eigenvalue weighted by Crippen LogP contribution is -2.60. The first-order chi connectivity index (χ1) is 13.8. The number of aromatic hydroxyl groups is 1. The van der Waals surface area contributed by atoms with Gasteiger partial charge in [-0.25, -0.2) is 4.79 Å². The minimum absolute atomic E-state index is 0.0214. The predicted molar refractivity (Wildman–Crippen MR) is 92.1 cm³/mol. The Morgan fingerprint density at radius 2 is 1.97 bits per heavy atom. The van der Waals surface area contributed by atoms with Crippen LogP contribution in [0, 0.1) is 0 Å². The molecule has 1 aromatic rings. The monoisotopic (exact) mass is 414 g/mol. The smallest absolute Gasteiger partial charge is 0.338 e. The zero-order valence-corrected chi connectivity index (χ0v) is 15.5. The van der Waals surface area contributed by atoms with Gasteiger partial charge in [0.15, 0.2) is 17.8 Å². The van der Waals surface area contributed by atoms with Crippen LogP contribution >= 0.6 is 0 Å². The maximum Gasteiger partial charge on any atom is 0.338 e. The highest BCUT2D eigenvalue weighted by atomic mass is 16.7. The van der Waals surface area contributed by atoms with Crippen LogP contribution < -0.4 is 4.74 Å². The summed E-state index contributed by atoms with van der Waals surface area (Å²) in [4.78, 5) is 23.4. The molecule has 0 unspecified atom stereocenters. The number of carbonyl (C=O) groups excluding carboxylic acids is 2. The van der Waals surface area contributed by atoms with Crippen LogP contribution in [0.5, 0.6) is 11.5 Å². The number of carbonyl (C=O) groups is 2. The molecule has 11 heteroatoms. The van der Waals surface area contributed by atoms with Crippen LogP contribution in [0.25, 0.3) is 0 Å². The van der Waals surface area contributed by atoms with Crippen molar-refractivity contribution < 1.29 is 53.7 Å². The van der Waals surface area contributed by atoms with Crippen LogP contribution in [0.2, 0.25) is 0 Å². The summed E-state index contributed by atoms with van der Waals surface area (Å²) in [6, 6.07) is 3.85. The average molecular weight is 414 g/mol. The maximum absolute atomic E-state index is 12.2. The molecule has 160 valence electrons. The highest BCUT2D eigenvalue weighted by Crippen LogP contribution is 2.28. The minimum Gasteiger partial charge on any atom is -0.504 e. The highest BCUT2D eigenvalue weighted by Gasteiger charge is 2.46. The summed E-state index contributed by atoms with van der Waals surface area (Å²) in [7, 11) is 1.33. The molecule has 0 radical (unpaired) electrons. The van der Waals surface area contributed by atoms with E-state index in [0.717, 1.165) is 0 Å². The first-order valence-electron chi connectivity index (χ1n) is 8.85. The molecule has 29 heavy (non-hydrogen) atoms. The van der Waals surface area contributed by atoms with Crippen LogP contribution in [0.1, 0.15) is 16.8 Å². The van der Waals surface area contributed by atoms with Crippen molar-refractivity contribution >= 4 is 11.9 Å². The minimum atomic E-state index is -1.62. The lowest BCUT2D eigenvalue weighted by Gasteiger charge is -2.40. The van der Waals surface area contributed by atoms with Gasteiger partial charge >= 0.3 is 11.9 Å². The summed E-state index contributed by atoms with van der Waals surface area (Å²) >= 11 is 0. The molecule has 0 aromatic heterocycles. The zero-order valence-electron chi connectivity index (χ0n) is 15.5. The van der Waals surface area contributed by atoms with Crippen molar-refractivity contribution in [1.82, 2.24) is 0 Å². The second-order valence-corrected chi connectivity index (χ2v) is 6.65. The third-order valence-corrected chi connectivity index (χ3v) is 4.61. The molecule has 2 heterocycles. The molecule has 6 atom stereocenters. The Labute approximate surface area is 165 Å². The van der Waals surface area contributed by atoms with Gasteiger partial charge in [0.1, 0.15) is 43.7 Å². The van der Waals surface area contributed by atoms with E-state index < -0.39 is 55.4 Å². The Balaban J connectivity index is 1.61. The first-order valence-corrected chi connectivity index (χ1v) is 8.85. The molecule has 2 saturated heterocycles. The molecule has 0 saturated carbocycles. The summed E-state index contributed by atoms with van der Waals surface area (Å²) in [5, 5.41) is 39.8. The standard InChI is InChI=1S/C18H22O11/c1-25-11-4-8(2-3-10(11)19)17(24)27-7-12-14(21)15(22)16(23)18(29-12)28-9-5-13(20)26-6-9/h2-4,9,12,14-16,18-19,21-23H,5-7H2,1H3/t9-,12-,14-,15+,16-,18-/m1/s1. The first kappa shape index (κ1) is 21.3. The van der Waals surface area contributed by atoms with Gasteiger partial charge in [0.05, 0.1) is 19.1 Å². The van der Waals surface area contributed by atoms with Gasteiger partial charge in [-0.3, -0.25) is 4.79 Å². The largest absolute Gasteiger partial charge is 0.504 e. The number of cyclic esters (lactones) is 1. The third-order valence-electron chi connectivity index (χ3n) is 4.61. The Bertz CT molecular complexity index is 751.